The normalized spacial score (nSPS) is 18.7. The molecule has 2 aromatic rings. The number of hydrogen-bond acceptors (Lipinski definition) is 7. The fourth-order valence-electron chi connectivity index (χ4n) is 3.72. The van der Waals surface area contributed by atoms with Gasteiger partial charge >= 0.3 is 5.97 Å². The zero-order valence-electron chi connectivity index (χ0n) is 18.5. The minimum absolute atomic E-state index is 0.295. The summed E-state index contributed by atoms with van der Waals surface area (Å²) in [5.74, 6) is 0.0209. The van der Waals surface area contributed by atoms with Gasteiger partial charge in [-0.15, -0.1) is 0 Å². The summed E-state index contributed by atoms with van der Waals surface area (Å²) < 4.78 is 4.88. The van der Waals surface area contributed by atoms with Crippen LogP contribution < -0.4 is 16.0 Å². The lowest BCUT2D eigenvalue weighted by atomic mass is 10.0. The third kappa shape index (κ3) is 6.92. The van der Waals surface area contributed by atoms with Crippen LogP contribution in [0.5, 0.6) is 0 Å². The maximum absolute atomic E-state index is 13.1. The molecule has 1 heterocycles. The minimum atomic E-state index is -0.674. The monoisotopic (exact) mass is 473 g/mol. The van der Waals surface area contributed by atoms with E-state index < -0.39 is 12.0 Å². The van der Waals surface area contributed by atoms with Gasteiger partial charge in [-0.05, 0) is 54.2 Å². The van der Waals surface area contributed by atoms with Crippen molar-refractivity contribution in [2.75, 3.05) is 37.5 Å². The molecule has 0 saturated carbocycles. The number of anilines is 1. The Labute approximate surface area is 199 Å². The molecule has 0 spiro atoms. The second-order valence-corrected chi connectivity index (χ2v) is 9.59. The van der Waals surface area contributed by atoms with Crippen LogP contribution >= 0.6 is 24.4 Å². The van der Waals surface area contributed by atoms with Gasteiger partial charge in [0.05, 0.1) is 7.11 Å². The highest BCUT2D eigenvalue weighted by Gasteiger charge is 2.23. The molecule has 1 amide bonds. The first kappa shape index (κ1) is 24.5. The van der Waals surface area contributed by atoms with E-state index in [4.69, 9.17) is 4.74 Å². The van der Waals surface area contributed by atoms with E-state index in [1.807, 2.05) is 54.8 Å². The van der Waals surface area contributed by atoms with Gasteiger partial charge in [0.2, 0.25) is 0 Å². The van der Waals surface area contributed by atoms with Crippen molar-refractivity contribution in [2.24, 2.45) is 0 Å². The molecule has 1 aliphatic heterocycles. The van der Waals surface area contributed by atoms with Crippen molar-refractivity contribution in [1.82, 2.24) is 10.6 Å². The second kappa shape index (κ2) is 12.2. The minimum Gasteiger partial charge on any atom is -0.467 e. The molecule has 1 saturated heterocycles. The van der Waals surface area contributed by atoms with Crippen LogP contribution in [-0.4, -0.2) is 61.4 Å². The number of thioether (sulfide) groups is 1. The van der Waals surface area contributed by atoms with Crippen molar-refractivity contribution >= 4 is 42.0 Å². The Morgan fingerprint density at radius 3 is 2.66 bits per heavy atom. The van der Waals surface area contributed by atoms with Crippen molar-refractivity contribution in [2.45, 2.75) is 30.2 Å². The summed E-state index contributed by atoms with van der Waals surface area (Å²) in [6.07, 6.45) is 3.48. The first-order chi connectivity index (χ1) is 15.5. The van der Waals surface area contributed by atoms with Gasteiger partial charge in [0.1, 0.15) is 6.04 Å². The van der Waals surface area contributed by atoms with Crippen molar-refractivity contribution in [3.8, 4) is 11.1 Å². The van der Waals surface area contributed by atoms with Crippen LogP contribution in [0.3, 0.4) is 0 Å². The smallest absolute Gasteiger partial charge is 0.328 e. The van der Waals surface area contributed by atoms with Gasteiger partial charge in [-0.3, -0.25) is 4.79 Å². The Morgan fingerprint density at radius 2 is 2.00 bits per heavy atom. The van der Waals surface area contributed by atoms with Gasteiger partial charge < -0.3 is 20.7 Å². The third-order valence-electron chi connectivity index (χ3n) is 5.46. The molecule has 6 nitrogen and oxygen atoms in total. The van der Waals surface area contributed by atoms with E-state index in [9.17, 15) is 9.59 Å². The number of nitrogens with one attached hydrogen (secondary N) is 3. The molecule has 3 atom stereocenters. The standard InChI is InChI=1S/C24H31N3O3S2/c1-30-24(29)22(8-9-32-2)27-23(28)18-10-17(16-6-4-3-5-7-16)11-19(12-18)25-14-20-13-21(31)15-26-20/h3-7,10-12,20-22,25-26,31H,8-9,13-15H2,1-2H3,(H,27,28)/t20-,21-,22?/m0/s1. The third-order valence-corrected chi connectivity index (χ3v) is 6.49. The first-order valence-electron chi connectivity index (χ1n) is 10.7. The molecular formula is C24H31N3O3S2. The predicted molar refractivity (Wildman–Crippen MR) is 136 cm³/mol. The van der Waals surface area contributed by atoms with Gasteiger partial charge in [-0.1, -0.05) is 30.3 Å². The van der Waals surface area contributed by atoms with Crippen molar-refractivity contribution in [3.63, 3.8) is 0 Å². The Hall–Kier alpha value is -2.16. The zero-order valence-corrected chi connectivity index (χ0v) is 20.2. The van der Waals surface area contributed by atoms with Crippen LogP contribution in [0.1, 0.15) is 23.2 Å². The van der Waals surface area contributed by atoms with Gasteiger partial charge in [0.25, 0.3) is 5.91 Å². The zero-order chi connectivity index (χ0) is 22.9. The lowest BCUT2D eigenvalue weighted by Crippen LogP contribution is -2.42. The largest absolute Gasteiger partial charge is 0.467 e. The topological polar surface area (TPSA) is 79.5 Å². The van der Waals surface area contributed by atoms with Crippen LogP contribution in [0.15, 0.2) is 48.5 Å². The Balaban J connectivity index is 1.82. The highest BCUT2D eigenvalue weighted by molar-refractivity contribution is 7.98. The average molecular weight is 474 g/mol. The summed E-state index contributed by atoms with van der Waals surface area (Å²) in [6.45, 7) is 1.65. The second-order valence-electron chi connectivity index (χ2n) is 7.87. The van der Waals surface area contributed by atoms with E-state index in [0.29, 0.717) is 23.3 Å². The van der Waals surface area contributed by atoms with E-state index >= 15 is 0 Å². The molecule has 1 aliphatic rings. The number of amides is 1. The fraction of sp³-hybridized carbons (Fsp3) is 0.417. The number of carbonyl (C=O) groups excluding carboxylic acids is 2. The van der Waals surface area contributed by atoms with E-state index in [2.05, 4.69) is 28.6 Å². The summed E-state index contributed by atoms with van der Waals surface area (Å²) in [5.41, 5.74) is 3.32. The van der Waals surface area contributed by atoms with Crippen LogP contribution in [-0.2, 0) is 9.53 Å². The molecule has 0 bridgehead atoms. The molecule has 1 unspecified atom stereocenters. The van der Waals surface area contributed by atoms with Crippen LogP contribution in [0.25, 0.3) is 11.1 Å². The van der Waals surface area contributed by atoms with E-state index in [0.717, 1.165) is 42.1 Å². The first-order valence-corrected chi connectivity index (χ1v) is 12.6. The maximum atomic E-state index is 13.1. The molecule has 0 aromatic heterocycles. The Morgan fingerprint density at radius 1 is 1.22 bits per heavy atom. The number of benzene rings is 2. The van der Waals surface area contributed by atoms with Gasteiger partial charge in [-0.2, -0.15) is 24.4 Å². The molecule has 1 fully saturated rings. The lowest BCUT2D eigenvalue weighted by molar-refractivity contribution is -0.142. The highest BCUT2D eigenvalue weighted by atomic mass is 32.2. The highest BCUT2D eigenvalue weighted by Crippen LogP contribution is 2.25. The molecular weight excluding hydrogens is 442 g/mol. The molecule has 3 N–H and O–H groups in total. The SMILES string of the molecule is COC(=O)C(CCSC)NC(=O)c1cc(NC[C@@H]2C[C@H](S)CN2)cc(-c2ccccc2)c1. The van der Waals surface area contributed by atoms with Crippen molar-refractivity contribution < 1.29 is 14.3 Å². The number of rotatable bonds is 10. The molecule has 0 radical (unpaired) electrons. The summed E-state index contributed by atoms with van der Waals surface area (Å²) in [5, 5.41) is 10.1. The van der Waals surface area contributed by atoms with Gasteiger partial charge in [0.15, 0.2) is 0 Å². The van der Waals surface area contributed by atoms with Gasteiger partial charge in [0, 0.05) is 35.6 Å². The van der Waals surface area contributed by atoms with Gasteiger partial charge in [-0.25, -0.2) is 4.79 Å². The van der Waals surface area contributed by atoms with Crippen molar-refractivity contribution in [1.29, 1.82) is 0 Å². The summed E-state index contributed by atoms with van der Waals surface area (Å²) in [6, 6.07) is 15.3. The van der Waals surface area contributed by atoms with Crippen molar-refractivity contribution in [3.05, 3.63) is 54.1 Å². The summed E-state index contributed by atoms with van der Waals surface area (Å²) in [7, 11) is 1.34. The molecule has 2 aromatic carbocycles. The molecule has 32 heavy (non-hydrogen) atoms. The molecule has 3 rings (SSSR count). The predicted octanol–water partition coefficient (Wildman–Crippen LogP) is 3.45. The average Bonchev–Trinajstić information content (AvgIpc) is 3.25. The van der Waals surface area contributed by atoms with Crippen LogP contribution in [0.4, 0.5) is 5.69 Å². The number of esters is 1. The molecule has 8 heteroatoms. The van der Waals surface area contributed by atoms with E-state index in [1.165, 1.54) is 7.11 Å². The lowest BCUT2D eigenvalue weighted by Gasteiger charge is -2.18. The quantitative estimate of drug-likeness (QED) is 0.313. The van der Waals surface area contributed by atoms with E-state index in [-0.39, 0.29) is 5.91 Å². The Kier molecular flexibility index (Phi) is 9.32. The van der Waals surface area contributed by atoms with Crippen LogP contribution in [0.2, 0.25) is 0 Å². The number of hydrogen-bond donors (Lipinski definition) is 4. The number of methoxy groups -OCH3 is 1. The van der Waals surface area contributed by atoms with E-state index in [1.54, 1.807) is 11.8 Å². The summed E-state index contributed by atoms with van der Waals surface area (Å²) >= 11 is 6.16. The summed E-state index contributed by atoms with van der Waals surface area (Å²) in [4.78, 5) is 25.2. The van der Waals surface area contributed by atoms with Crippen LogP contribution in [0, 0.1) is 0 Å². The number of carbonyl (C=O) groups is 2. The number of thiol groups is 1. The molecule has 172 valence electrons. The maximum Gasteiger partial charge on any atom is 0.328 e. The number of ether oxygens (including phenoxy) is 1. The Bertz CT molecular complexity index is 911. The fourth-order valence-corrected chi connectivity index (χ4v) is 4.55. The molecule has 0 aliphatic carbocycles.